The van der Waals surface area contributed by atoms with Gasteiger partial charge >= 0.3 is 0 Å². The molecule has 0 saturated carbocycles. The first-order valence-electron chi connectivity index (χ1n) is 5.03. The Bertz CT molecular complexity index is 564. The lowest BCUT2D eigenvalue weighted by atomic mass is 10.1. The predicted octanol–water partition coefficient (Wildman–Crippen LogP) is 1.81. The van der Waals surface area contributed by atoms with E-state index < -0.39 is 0 Å². The van der Waals surface area contributed by atoms with Gasteiger partial charge in [-0.3, -0.25) is 15.2 Å². The summed E-state index contributed by atoms with van der Waals surface area (Å²) in [6.07, 6.45) is 0. The summed E-state index contributed by atoms with van der Waals surface area (Å²) in [5.41, 5.74) is 0.962. The Morgan fingerprint density at radius 1 is 1.41 bits per heavy atom. The molecule has 0 aliphatic heterocycles. The van der Waals surface area contributed by atoms with Crippen molar-refractivity contribution in [1.29, 1.82) is 0 Å². The number of halogens is 1. The summed E-state index contributed by atoms with van der Waals surface area (Å²) in [5.74, 6) is 0.0849. The Labute approximate surface area is 97.1 Å². The van der Waals surface area contributed by atoms with Crippen molar-refractivity contribution in [2.45, 2.75) is 13.8 Å². The van der Waals surface area contributed by atoms with Crippen LogP contribution in [0.3, 0.4) is 0 Å². The highest BCUT2D eigenvalue weighted by Gasteiger charge is 2.11. The van der Waals surface area contributed by atoms with Gasteiger partial charge in [0.25, 0.3) is 5.91 Å². The summed E-state index contributed by atoms with van der Waals surface area (Å²) >= 11 is 0. The Balaban J connectivity index is 2.20. The first-order valence-corrected chi connectivity index (χ1v) is 5.03. The molecule has 5 nitrogen and oxygen atoms in total. The number of nitrogens with zero attached hydrogens (tertiary/aromatic N) is 2. The van der Waals surface area contributed by atoms with Crippen LogP contribution in [0.1, 0.15) is 21.7 Å². The second-order valence-electron chi connectivity index (χ2n) is 3.66. The molecule has 1 aromatic carbocycles. The summed E-state index contributed by atoms with van der Waals surface area (Å²) in [5, 5.41) is 8.92. The Kier molecular flexibility index (Phi) is 2.86. The van der Waals surface area contributed by atoms with Crippen LogP contribution in [0.15, 0.2) is 18.2 Å². The highest BCUT2D eigenvalue weighted by molar-refractivity contribution is 6.04. The van der Waals surface area contributed by atoms with Crippen molar-refractivity contribution >= 4 is 11.9 Å². The molecule has 0 spiro atoms. The fourth-order valence-corrected chi connectivity index (χ4v) is 1.45. The number of aromatic amines is 1. The van der Waals surface area contributed by atoms with Crippen LogP contribution in [-0.4, -0.2) is 21.1 Å². The summed E-state index contributed by atoms with van der Waals surface area (Å²) in [7, 11) is 0. The normalized spacial score (nSPS) is 10.3. The van der Waals surface area contributed by atoms with Crippen molar-refractivity contribution in [1.82, 2.24) is 15.2 Å². The second-order valence-corrected chi connectivity index (χ2v) is 3.66. The van der Waals surface area contributed by atoms with Crippen molar-refractivity contribution < 1.29 is 9.18 Å². The van der Waals surface area contributed by atoms with E-state index in [0.29, 0.717) is 17.0 Å². The first kappa shape index (κ1) is 11.3. The smallest absolute Gasteiger partial charge is 0.258 e. The van der Waals surface area contributed by atoms with E-state index in [1.807, 2.05) is 0 Å². The van der Waals surface area contributed by atoms with E-state index in [0.717, 1.165) is 0 Å². The Morgan fingerprint density at radius 2 is 2.18 bits per heavy atom. The molecular weight excluding hydrogens is 223 g/mol. The minimum absolute atomic E-state index is 0.205. The van der Waals surface area contributed by atoms with Gasteiger partial charge in [-0.15, -0.1) is 5.10 Å². The first-order chi connectivity index (χ1) is 8.06. The monoisotopic (exact) mass is 234 g/mol. The van der Waals surface area contributed by atoms with Crippen molar-refractivity contribution in [3.8, 4) is 0 Å². The number of aromatic nitrogens is 3. The van der Waals surface area contributed by atoms with Gasteiger partial charge in [0.1, 0.15) is 11.6 Å². The molecule has 17 heavy (non-hydrogen) atoms. The third kappa shape index (κ3) is 2.47. The van der Waals surface area contributed by atoms with E-state index in [1.54, 1.807) is 13.8 Å². The summed E-state index contributed by atoms with van der Waals surface area (Å²) in [6, 6.07) is 3.97. The number of carbonyl (C=O) groups is 1. The third-order valence-electron chi connectivity index (χ3n) is 2.26. The zero-order chi connectivity index (χ0) is 12.4. The van der Waals surface area contributed by atoms with Crippen LogP contribution in [0, 0.1) is 19.7 Å². The van der Waals surface area contributed by atoms with Crippen molar-refractivity contribution in [3.63, 3.8) is 0 Å². The van der Waals surface area contributed by atoms with E-state index >= 15 is 0 Å². The van der Waals surface area contributed by atoms with Gasteiger partial charge in [0, 0.05) is 5.56 Å². The molecule has 0 bridgehead atoms. The maximum atomic E-state index is 12.9. The van der Waals surface area contributed by atoms with Gasteiger partial charge in [0.05, 0.1) is 0 Å². The molecule has 88 valence electrons. The number of hydrogen-bond donors (Lipinski definition) is 2. The Morgan fingerprint density at radius 3 is 2.76 bits per heavy atom. The number of amides is 1. The van der Waals surface area contributed by atoms with Gasteiger partial charge in [-0.25, -0.2) is 4.39 Å². The van der Waals surface area contributed by atoms with Gasteiger partial charge in [-0.05, 0) is 37.6 Å². The molecule has 0 saturated heterocycles. The maximum Gasteiger partial charge on any atom is 0.258 e. The summed E-state index contributed by atoms with van der Waals surface area (Å²) in [6.45, 7) is 3.40. The van der Waals surface area contributed by atoms with E-state index in [2.05, 4.69) is 20.5 Å². The average Bonchev–Trinajstić information content (AvgIpc) is 2.63. The quantitative estimate of drug-likeness (QED) is 0.832. The number of rotatable bonds is 2. The maximum absolute atomic E-state index is 12.9. The van der Waals surface area contributed by atoms with E-state index in [1.165, 1.54) is 18.2 Å². The highest BCUT2D eigenvalue weighted by atomic mass is 19.1. The minimum Gasteiger partial charge on any atom is -0.289 e. The summed E-state index contributed by atoms with van der Waals surface area (Å²) < 4.78 is 12.9. The van der Waals surface area contributed by atoms with Crippen molar-refractivity contribution in [3.05, 3.63) is 41.0 Å². The SMILES string of the molecule is Cc1nc(NC(=O)c2ccc(F)cc2C)n[nH]1. The largest absolute Gasteiger partial charge is 0.289 e. The van der Waals surface area contributed by atoms with Crippen LogP contribution in [0.4, 0.5) is 10.3 Å². The Hall–Kier alpha value is -2.24. The molecular formula is C11H11FN4O. The number of carbonyl (C=O) groups excluding carboxylic acids is 1. The standard InChI is InChI=1S/C11H11FN4O/c1-6-5-8(12)3-4-9(6)10(17)14-11-13-7(2)15-16-11/h3-5H,1-2H3,(H2,13,14,15,16,17). The van der Waals surface area contributed by atoms with E-state index in [9.17, 15) is 9.18 Å². The molecule has 0 aliphatic rings. The van der Waals surface area contributed by atoms with E-state index in [-0.39, 0.29) is 17.7 Å². The lowest BCUT2D eigenvalue weighted by molar-refractivity contribution is 0.102. The van der Waals surface area contributed by atoms with Crippen LogP contribution in [-0.2, 0) is 0 Å². The number of anilines is 1. The topological polar surface area (TPSA) is 70.7 Å². The van der Waals surface area contributed by atoms with E-state index in [4.69, 9.17) is 0 Å². The zero-order valence-electron chi connectivity index (χ0n) is 9.41. The lowest BCUT2D eigenvalue weighted by Gasteiger charge is -2.04. The molecule has 2 N–H and O–H groups in total. The van der Waals surface area contributed by atoms with Crippen molar-refractivity contribution in [2.75, 3.05) is 5.32 Å². The fourth-order valence-electron chi connectivity index (χ4n) is 1.45. The molecule has 0 radical (unpaired) electrons. The average molecular weight is 234 g/mol. The molecule has 2 aromatic rings. The number of nitrogens with one attached hydrogen (secondary N) is 2. The molecule has 2 rings (SSSR count). The molecule has 1 heterocycles. The number of benzene rings is 1. The minimum atomic E-state index is -0.368. The van der Waals surface area contributed by atoms with Gasteiger partial charge in [0.2, 0.25) is 5.95 Å². The van der Waals surface area contributed by atoms with Crippen LogP contribution < -0.4 is 5.32 Å². The fraction of sp³-hybridized carbons (Fsp3) is 0.182. The number of H-pyrrole nitrogens is 1. The number of hydrogen-bond acceptors (Lipinski definition) is 3. The third-order valence-corrected chi connectivity index (χ3v) is 2.26. The van der Waals surface area contributed by atoms with Crippen molar-refractivity contribution in [2.24, 2.45) is 0 Å². The summed E-state index contributed by atoms with van der Waals surface area (Å²) in [4.78, 5) is 15.8. The van der Waals surface area contributed by atoms with Crippen LogP contribution in [0.2, 0.25) is 0 Å². The molecule has 1 aromatic heterocycles. The van der Waals surface area contributed by atoms with Crippen LogP contribution in [0.25, 0.3) is 0 Å². The van der Waals surface area contributed by atoms with Gasteiger partial charge in [-0.1, -0.05) is 0 Å². The van der Waals surface area contributed by atoms with Gasteiger partial charge in [0.15, 0.2) is 0 Å². The highest BCUT2D eigenvalue weighted by Crippen LogP contribution is 2.11. The zero-order valence-corrected chi connectivity index (χ0v) is 9.41. The second kappa shape index (κ2) is 4.32. The van der Waals surface area contributed by atoms with Crippen LogP contribution >= 0.6 is 0 Å². The molecule has 0 atom stereocenters. The molecule has 1 amide bonds. The van der Waals surface area contributed by atoms with Gasteiger partial charge < -0.3 is 0 Å². The molecule has 0 aliphatic carbocycles. The predicted molar refractivity (Wildman–Crippen MR) is 60.2 cm³/mol. The lowest BCUT2D eigenvalue weighted by Crippen LogP contribution is -2.14. The molecule has 0 fully saturated rings. The van der Waals surface area contributed by atoms with Gasteiger partial charge in [-0.2, -0.15) is 4.98 Å². The molecule has 6 heteroatoms. The van der Waals surface area contributed by atoms with Crippen LogP contribution in [0.5, 0.6) is 0 Å². The molecule has 0 unspecified atom stereocenters. The number of aryl methyl sites for hydroxylation is 2.